The highest BCUT2D eigenvalue weighted by atomic mass is 32.2. The summed E-state index contributed by atoms with van der Waals surface area (Å²) in [5.74, 6) is -0.420. The number of nitrogens with one attached hydrogen (secondary N) is 1. The zero-order valence-corrected chi connectivity index (χ0v) is 22.7. The van der Waals surface area contributed by atoms with Crippen LogP contribution in [0.1, 0.15) is 21.5 Å². The molecule has 0 aliphatic heterocycles. The van der Waals surface area contributed by atoms with Crippen molar-refractivity contribution in [3.63, 3.8) is 0 Å². The van der Waals surface area contributed by atoms with E-state index in [1.54, 1.807) is 35.7 Å². The quantitative estimate of drug-likeness (QED) is 0.309. The first-order valence-corrected chi connectivity index (χ1v) is 13.9. The average molecular weight is 533 g/mol. The molecule has 9 heteroatoms. The largest absolute Gasteiger partial charge is 0.378 e. The van der Waals surface area contributed by atoms with E-state index in [0.717, 1.165) is 33.8 Å². The van der Waals surface area contributed by atoms with Crippen molar-refractivity contribution in [1.82, 2.24) is 0 Å². The Balaban J connectivity index is 1.64. The monoisotopic (exact) mass is 532 g/mol. The molecule has 190 valence electrons. The molecule has 1 heterocycles. The number of carbonyl (C=O) groups is 1. The highest BCUT2D eigenvalue weighted by molar-refractivity contribution is 7.94. The van der Waals surface area contributed by atoms with Crippen molar-refractivity contribution in [3.8, 4) is 0 Å². The lowest BCUT2D eigenvalue weighted by atomic mass is 10.0. The highest BCUT2D eigenvalue weighted by Gasteiger charge is 2.16. The van der Waals surface area contributed by atoms with Gasteiger partial charge in [-0.1, -0.05) is 30.3 Å². The van der Waals surface area contributed by atoms with Crippen LogP contribution in [-0.4, -0.2) is 48.2 Å². The summed E-state index contributed by atoms with van der Waals surface area (Å²) in [7, 11) is 4.22. The van der Waals surface area contributed by atoms with E-state index < -0.39 is 15.9 Å². The SMILES string of the molecule is CN(C)c1ccc(C(=NC(=O)c2ccc(NS(=O)(=O)c3cccs3)cc2)c2ccc(N(C)C)cc2)cc1. The van der Waals surface area contributed by atoms with Crippen LogP contribution in [0.4, 0.5) is 17.1 Å². The Hall–Kier alpha value is -3.95. The zero-order valence-electron chi connectivity index (χ0n) is 21.0. The Morgan fingerprint density at radius 3 is 1.65 bits per heavy atom. The third kappa shape index (κ3) is 6.25. The van der Waals surface area contributed by atoms with Crippen molar-refractivity contribution >= 4 is 50.0 Å². The summed E-state index contributed by atoms with van der Waals surface area (Å²) < 4.78 is 27.7. The van der Waals surface area contributed by atoms with E-state index in [1.165, 1.54) is 6.07 Å². The van der Waals surface area contributed by atoms with Crippen LogP contribution in [-0.2, 0) is 10.0 Å². The number of aliphatic imine (C=N–C) groups is 1. The molecule has 0 saturated carbocycles. The van der Waals surface area contributed by atoms with Gasteiger partial charge in [0.2, 0.25) is 0 Å². The van der Waals surface area contributed by atoms with Gasteiger partial charge in [0, 0.05) is 61.9 Å². The molecule has 1 N–H and O–H groups in total. The first kappa shape index (κ1) is 26.1. The number of hydrogen-bond donors (Lipinski definition) is 1. The van der Waals surface area contributed by atoms with E-state index in [0.29, 0.717) is 17.0 Å². The zero-order chi connectivity index (χ0) is 26.6. The maximum absolute atomic E-state index is 13.2. The second kappa shape index (κ2) is 11.0. The van der Waals surface area contributed by atoms with Crippen molar-refractivity contribution < 1.29 is 13.2 Å². The molecular formula is C28H28N4O3S2. The molecule has 0 bridgehead atoms. The Morgan fingerprint density at radius 1 is 0.730 bits per heavy atom. The molecule has 1 aromatic heterocycles. The third-order valence-corrected chi connectivity index (χ3v) is 8.45. The molecule has 0 fully saturated rings. The molecule has 0 unspecified atom stereocenters. The van der Waals surface area contributed by atoms with Gasteiger partial charge in [-0.25, -0.2) is 13.4 Å². The van der Waals surface area contributed by atoms with Gasteiger partial charge in [-0.2, -0.15) is 0 Å². The van der Waals surface area contributed by atoms with Crippen LogP contribution in [0.5, 0.6) is 0 Å². The topological polar surface area (TPSA) is 82.1 Å². The van der Waals surface area contributed by atoms with Gasteiger partial charge in [-0.15, -0.1) is 11.3 Å². The lowest BCUT2D eigenvalue weighted by Crippen LogP contribution is -2.12. The fourth-order valence-corrected chi connectivity index (χ4v) is 5.65. The molecule has 1 amide bonds. The molecule has 7 nitrogen and oxygen atoms in total. The molecule has 0 spiro atoms. The average Bonchev–Trinajstić information content (AvgIpc) is 3.44. The fraction of sp³-hybridized carbons (Fsp3) is 0.143. The predicted octanol–water partition coefficient (Wildman–Crippen LogP) is 5.36. The molecule has 3 aromatic carbocycles. The summed E-state index contributed by atoms with van der Waals surface area (Å²) in [5.41, 5.74) is 4.99. The van der Waals surface area contributed by atoms with Crippen molar-refractivity contribution in [2.45, 2.75) is 4.21 Å². The van der Waals surface area contributed by atoms with Crippen molar-refractivity contribution in [2.24, 2.45) is 4.99 Å². The summed E-state index contributed by atoms with van der Waals surface area (Å²) in [6, 6.07) is 25.2. The molecular weight excluding hydrogens is 504 g/mol. The van der Waals surface area contributed by atoms with Gasteiger partial charge < -0.3 is 9.80 Å². The van der Waals surface area contributed by atoms with Gasteiger partial charge in [-0.05, 0) is 60.0 Å². The van der Waals surface area contributed by atoms with E-state index in [9.17, 15) is 13.2 Å². The molecule has 0 atom stereocenters. The first-order chi connectivity index (χ1) is 17.6. The highest BCUT2D eigenvalue weighted by Crippen LogP contribution is 2.22. The Morgan fingerprint density at radius 2 is 1.22 bits per heavy atom. The van der Waals surface area contributed by atoms with Crippen LogP contribution in [0.2, 0.25) is 0 Å². The minimum Gasteiger partial charge on any atom is -0.378 e. The smallest absolute Gasteiger partial charge is 0.277 e. The molecule has 0 saturated heterocycles. The number of rotatable bonds is 8. The van der Waals surface area contributed by atoms with Gasteiger partial charge in [0.05, 0.1) is 5.71 Å². The molecule has 4 aromatic rings. The standard InChI is InChI=1S/C28H28N4O3S2/c1-31(2)24-15-9-20(10-16-24)27(21-11-17-25(18-12-21)32(3)4)29-28(33)22-7-13-23(14-8-22)30-37(34,35)26-6-5-19-36-26/h5-19,30H,1-4H3. The van der Waals surface area contributed by atoms with E-state index in [2.05, 4.69) is 9.71 Å². The number of amides is 1. The number of hydrogen-bond acceptors (Lipinski definition) is 6. The first-order valence-electron chi connectivity index (χ1n) is 11.5. The van der Waals surface area contributed by atoms with Crippen LogP contribution in [0.25, 0.3) is 0 Å². The Bertz CT molecular complexity index is 1440. The van der Waals surface area contributed by atoms with E-state index >= 15 is 0 Å². The molecule has 0 aliphatic carbocycles. The van der Waals surface area contributed by atoms with E-state index in [1.807, 2.05) is 86.5 Å². The lowest BCUT2D eigenvalue weighted by Gasteiger charge is -2.15. The van der Waals surface area contributed by atoms with Crippen molar-refractivity contribution in [1.29, 1.82) is 0 Å². The third-order valence-electron chi connectivity index (χ3n) is 5.67. The van der Waals surface area contributed by atoms with Gasteiger partial charge in [-0.3, -0.25) is 9.52 Å². The van der Waals surface area contributed by atoms with Crippen LogP contribution in [0.3, 0.4) is 0 Å². The van der Waals surface area contributed by atoms with Gasteiger partial charge in [0.1, 0.15) is 4.21 Å². The minimum absolute atomic E-state index is 0.225. The Kier molecular flexibility index (Phi) is 7.75. The number of carbonyl (C=O) groups excluding carboxylic acids is 1. The predicted molar refractivity (Wildman–Crippen MR) is 153 cm³/mol. The van der Waals surface area contributed by atoms with Gasteiger partial charge in [0.15, 0.2) is 0 Å². The summed E-state index contributed by atoms with van der Waals surface area (Å²) in [6.07, 6.45) is 0. The van der Waals surface area contributed by atoms with Crippen LogP contribution >= 0.6 is 11.3 Å². The minimum atomic E-state index is -3.66. The normalized spacial score (nSPS) is 11.0. The van der Waals surface area contributed by atoms with Crippen molar-refractivity contribution in [3.05, 3.63) is 107 Å². The number of sulfonamides is 1. The molecule has 37 heavy (non-hydrogen) atoms. The number of thiophene rings is 1. The fourth-order valence-electron chi connectivity index (χ4n) is 3.60. The molecule has 4 rings (SSSR count). The van der Waals surface area contributed by atoms with Gasteiger partial charge >= 0.3 is 0 Å². The van der Waals surface area contributed by atoms with Gasteiger partial charge in [0.25, 0.3) is 15.9 Å². The lowest BCUT2D eigenvalue weighted by molar-refractivity contribution is 0.100. The number of benzene rings is 3. The Labute approximate surface area is 221 Å². The maximum atomic E-state index is 13.2. The second-order valence-electron chi connectivity index (χ2n) is 8.76. The van der Waals surface area contributed by atoms with Crippen LogP contribution < -0.4 is 14.5 Å². The number of nitrogens with zero attached hydrogens (tertiary/aromatic N) is 3. The van der Waals surface area contributed by atoms with E-state index in [4.69, 9.17) is 0 Å². The van der Waals surface area contributed by atoms with E-state index in [-0.39, 0.29) is 4.21 Å². The summed E-state index contributed by atoms with van der Waals surface area (Å²) >= 11 is 1.14. The maximum Gasteiger partial charge on any atom is 0.277 e. The summed E-state index contributed by atoms with van der Waals surface area (Å²) in [6.45, 7) is 0. The van der Waals surface area contributed by atoms with Crippen LogP contribution in [0, 0.1) is 0 Å². The second-order valence-corrected chi connectivity index (χ2v) is 11.6. The molecule has 0 radical (unpaired) electrons. The molecule has 0 aliphatic rings. The summed E-state index contributed by atoms with van der Waals surface area (Å²) in [4.78, 5) is 21.7. The number of anilines is 3. The van der Waals surface area contributed by atoms with Crippen molar-refractivity contribution in [2.75, 3.05) is 42.7 Å². The van der Waals surface area contributed by atoms with Crippen LogP contribution in [0.15, 0.2) is 99.5 Å². The summed E-state index contributed by atoms with van der Waals surface area (Å²) in [5, 5.41) is 1.70.